The van der Waals surface area contributed by atoms with E-state index in [-0.39, 0.29) is 0 Å². The molecule has 0 aliphatic carbocycles. The van der Waals surface area contributed by atoms with E-state index in [0.717, 1.165) is 46.9 Å². The highest BCUT2D eigenvalue weighted by Crippen LogP contribution is 2.33. The van der Waals surface area contributed by atoms with Gasteiger partial charge in [-0.05, 0) is 38.7 Å². The molecule has 0 aliphatic rings. The second-order valence-corrected chi connectivity index (χ2v) is 5.85. The van der Waals surface area contributed by atoms with Gasteiger partial charge in [-0.1, -0.05) is 0 Å². The highest BCUT2D eigenvalue weighted by Gasteiger charge is 2.12. The quantitative estimate of drug-likeness (QED) is 0.676. The Labute approximate surface area is 141 Å². The van der Waals surface area contributed by atoms with Crippen LogP contribution in [0.5, 0.6) is 11.5 Å². The van der Waals surface area contributed by atoms with Crippen LogP contribution in [0.25, 0.3) is 22.4 Å². The van der Waals surface area contributed by atoms with Crippen LogP contribution < -0.4 is 9.47 Å². The lowest BCUT2D eigenvalue weighted by atomic mass is 10.2. The number of methoxy groups -OCH3 is 1. The minimum atomic E-state index is 0.639. The van der Waals surface area contributed by atoms with Crippen molar-refractivity contribution in [2.24, 2.45) is 0 Å². The summed E-state index contributed by atoms with van der Waals surface area (Å²) in [6, 6.07) is 7.66. The van der Waals surface area contributed by atoms with E-state index in [1.165, 1.54) is 0 Å². The number of H-pyrrole nitrogens is 1. The summed E-state index contributed by atoms with van der Waals surface area (Å²) in [5.74, 6) is 2.29. The van der Waals surface area contributed by atoms with Gasteiger partial charge in [0.15, 0.2) is 0 Å². The van der Waals surface area contributed by atoms with E-state index in [4.69, 9.17) is 9.47 Å². The largest absolute Gasteiger partial charge is 0.497 e. The van der Waals surface area contributed by atoms with E-state index in [2.05, 4.69) is 33.9 Å². The molecule has 2 heterocycles. The Hall–Kier alpha value is -2.60. The third-order valence-corrected chi connectivity index (χ3v) is 3.73. The zero-order valence-corrected chi connectivity index (χ0v) is 14.2. The van der Waals surface area contributed by atoms with Gasteiger partial charge in [0.1, 0.15) is 17.3 Å². The Bertz CT molecular complexity index is 781. The number of rotatable bonds is 7. The number of benzene rings is 1. The molecule has 0 saturated carbocycles. The van der Waals surface area contributed by atoms with E-state index >= 15 is 0 Å². The van der Waals surface area contributed by atoms with Crippen molar-refractivity contribution >= 4 is 11.0 Å². The van der Waals surface area contributed by atoms with Crippen molar-refractivity contribution in [2.45, 2.75) is 6.42 Å². The molecule has 126 valence electrons. The van der Waals surface area contributed by atoms with Crippen molar-refractivity contribution in [3.8, 4) is 22.9 Å². The van der Waals surface area contributed by atoms with Crippen LogP contribution >= 0.6 is 0 Å². The van der Waals surface area contributed by atoms with E-state index in [0.29, 0.717) is 6.61 Å². The maximum Gasteiger partial charge on any atom is 0.142 e. The lowest BCUT2D eigenvalue weighted by Crippen LogP contribution is -2.15. The van der Waals surface area contributed by atoms with Gasteiger partial charge in [-0.15, -0.1) is 0 Å². The molecule has 3 aromatic rings. The van der Waals surface area contributed by atoms with Crippen molar-refractivity contribution in [1.82, 2.24) is 19.9 Å². The monoisotopic (exact) mass is 326 g/mol. The molecule has 0 fully saturated rings. The Balaban J connectivity index is 1.88. The third kappa shape index (κ3) is 3.65. The molecule has 0 spiro atoms. The molecule has 3 rings (SSSR count). The molecule has 6 nitrogen and oxygen atoms in total. The van der Waals surface area contributed by atoms with Crippen LogP contribution in [0, 0.1) is 0 Å². The lowest BCUT2D eigenvalue weighted by molar-refractivity contribution is 0.281. The first-order chi connectivity index (χ1) is 11.7. The van der Waals surface area contributed by atoms with E-state index in [1.807, 2.05) is 24.3 Å². The van der Waals surface area contributed by atoms with Crippen LogP contribution in [0.3, 0.4) is 0 Å². The Morgan fingerprint density at radius 1 is 1.21 bits per heavy atom. The fraction of sp³-hybridized carbons (Fsp3) is 0.333. The summed E-state index contributed by atoms with van der Waals surface area (Å²) < 4.78 is 11.3. The molecule has 0 amide bonds. The Kier molecular flexibility index (Phi) is 4.96. The molecule has 0 aliphatic heterocycles. The molecule has 24 heavy (non-hydrogen) atoms. The van der Waals surface area contributed by atoms with Gasteiger partial charge >= 0.3 is 0 Å². The number of imidazole rings is 1. The van der Waals surface area contributed by atoms with Crippen LogP contribution in [0.15, 0.2) is 36.7 Å². The summed E-state index contributed by atoms with van der Waals surface area (Å²) in [5.41, 5.74) is 2.70. The first-order valence-electron chi connectivity index (χ1n) is 7.93. The second-order valence-electron chi connectivity index (χ2n) is 5.85. The minimum Gasteiger partial charge on any atom is -0.497 e. The van der Waals surface area contributed by atoms with Crippen LogP contribution in [-0.4, -0.2) is 54.2 Å². The van der Waals surface area contributed by atoms with Crippen LogP contribution in [0.2, 0.25) is 0 Å². The normalized spacial score (nSPS) is 11.2. The molecular formula is C18H22N4O2. The fourth-order valence-electron chi connectivity index (χ4n) is 2.49. The summed E-state index contributed by atoms with van der Waals surface area (Å²) in [6.45, 7) is 1.62. The maximum atomic E-state index is 6.00. The number of aromatic nitrogens is 3. The molecule has 1 N–H and O–H groups in total. The molecule has 0 radical (unpaired) electrons. The van der Waals surface area contributed by atoms with Gasteiger partial charge in [0, 0.05) is 18.8 Å². The summed E-state index contributed by atoms with van der Waals surface area (Å²) in [4.78, 5) is 14.2. The van der Waals surface area contributed by atoms with Crippen molar-refractivity contribution < 1.29 is 9.47 Å². The number of hydrogen-bond acceptors (Lipinski definition) is 5. The minimum absolute atomic E-state index is 0.639. The predicted octanol–water partition coefficient (Wildman–Crippen LogP) is 2.96. The molecule has 2 aromatic heterocycles. The topological polar surface area (TPSA) is 63.3 Å². The number of aromatic amines is 1. The molecule has 6 heteroatoms. The van der Waals surface area contributed by atoms with Crippen molar-refractivity contribution in [3.63, 3.8) is 0 Å². The summed E-state index contributed by atoms with van der Waals surface area (Å²) in [6.07, 6.45) is 4.46. The van der Waals surface area contributed by atoms with Gasteiger partial charge in [-0.3, -0.25) is 4.98 Å². The first kappa shape index (κ1) is 16.3. The zero-order chi connectivity index (χ0) is 16.9. The van der Waals surface area contributed by atoms with Crippen molar-refractivity contribution in [2.75, 3.05) is 34.4 Å². The van der Waals surface area contributed by atoms with Gasteiger partial charge in [0.05, 0.1) is 36.5 Å². The van der Waals surface area contributed by atoms with Crippen LogP contribution in [-0.2, 0) is 0 Å². The van der Waals surface area contributed by atoms with Crippen LogP contribution in [0.4, 0.5) is 0 Å². The molecule has 0 unspecified atom stereocenters. The summed E-state index contributed by atoms with van der Waals surface area (Å²) >= 11 is 0. The number of pyridine rings is 1. The summed E-state index contributed by atoms with van der Waals surface area (Å²) in [5, 5.41) is 0. The average molecular weight is 326 g/mol. The fourth-order valence-corrected chi connectivity index (χ4v) is 2.49. The first-order valence-corrected chi connectivity index (χ1v) is 7.93. The average Bonchev–Trinajstić information content (AvgIpc) is 3.02. The van der Waals surface area contributed by atoms with Gasteiger partial charge in [-0.2, -0.15) is 0 Å². The highest BCUT2D eigenvalue weighted by molar-refractivity contribution is 5.80. The summed E-state index contributed by atoms with van der Waals surface area (Å²) in [7, 11) is 5.76. The predicted molar refractivity (Wildman–Crippen MR) is 94.5 cm³/mol. The van der Waals surface area contributed by atoms with E-state index in [9.17, 15) is 0 Å². The van der Waals surface area contributed by atoms with Crippen molar-refractivity contribution in [1.29, 1.82) is 0 Å². The van der Waals surface area contributed by atoms with Gasteiger partial charge in [-0.25, -0.2) is 4.98 Å². The standard InChI is InChI=1S/C18H22N4O2/c1-22(2)9-4-10-24-17-11-13(23-3)5-6-14(17)18-20-15-7-8-19-12-16(15)21-18/h5-8,11-12H,4,9-10H2,1-3H3,(H,20,21). The van der Waals surface area contributed by atoms with Crippen molar-refractivity contribution in [3.05, 3.63) is 36.7 Å². The lowest BCUT2D eigenvalue weighted by Gasteiger charge is -2.13. The third-order valence-electron chi connectivity index (χ3n) is 3.73. The zero-order valence-electron chi connectivity index (χ0n) is 14.2. The number of nitrogens with one attached hydrogen (secondary N) is 1. The van der Waals surface area contributed by atoms with Crippen LogP contribution in [0.1, 0.15) is 6.42 Å². The van der Waals surface area contributed by atoms with Gasteiger partial charge < -0.3 is 19.4 Å². The SMILES string of the molecule is COc1ccc(-c2nc3ccncc3[nH]2)c(OCCCN(C)C)c1. The number of hydrogen-bond donors (Lipinski definition) is 1. The Morgan fingerprint density at radius 2 is 2.08 bits per heavy atom. The maximum absolute atomic E-state index is 6.00. The molecule has 0 atom stereocenters. The second kappa shape index (κ2) is 7.31. The number of ether oxygens (including phenoxy) is 2. The Morgan fingerprint density at radius 3 is 2.83 bits per heavy atom. The molecule has 1 aromatic carbocycles. The number of nitrogens with zero attached hydrogens (tertiary/aromatic N) is 3. The smallest absolute Gasteiger partial charge is 0.142 e. The molecule has 0 bridgehead atoms. The molecular weight excluding hydrogens is 304 g/mol. The van der Waals surface area contributed by atoms with E-state index < -0.39 is 0 Å². The number of fused-ring (bicyclic) bond motifs is 1. The van der Waals surface area contributed by atoms with Gasteiger partial charge in [0.25, 0.3) is 0 Å². The molecule has 0 saturated heterocycles. The highest BCUT2D eigenvalue weighted by atomic mass is 16.5. The van der Waals surface area contributed by atoms with E-state index in [1.54, 1.807) is 19.5 Å². The van der Waals surface area contributed by atoms with Gasteiger partial charge in [0.2, 0.25) is 0 Å².